The molecule has 1 amide bonds. The van der Waals surface area contributed by atoms with Crippen LogP contribution in [0.5, 0.6) is 0 Å². The molecule has 1 N–H and O–H groups in total. The van der Waals surface area contributed by atoms with Crippen LogP contribution in [-0.4, -0.2) is 28.0 Å². The Morgan fingerprint density at radius 1 is 1.23 bits per heavy atom. The smallest absolute Gasteiger partial charge is 0.326 e. The van der Waals surface area contributed by atoms with Crippen LogP contribution in [0, 0.1) is 6.92 Å². The van der Waals surface area contributed by atoms with Crippen LogP contribution < -0.4 is 10.9 Å². The van der Waals surface area contributed by atoms with Crippen LogP contribution in [0.1, 0.15) is 5.56 Å². The van der Waals surface area contributed by atoms with Crippen molar-refractivity contribution in [1.29, 1.82) is 0 Å². The van der Waals surface area contributed by atoms with Gasteiger partial charge in [-0.2, -0.15) is 0 Å². The minimum atomic E-state index is -0.743. The molecular formula is C21H16BrN3O5. The number of furan rings is 1. The van der Waals surface area contributed by atoms with Gasteiger partial charge < -0.3 is 14.5 Å². The number of amides is 1. The molecule has 0 aliphatic rings. The lowest BCUT2D eigenvalue weighted by molar-refractivity contribution is -0.147. The van der Waals surface area contributed by atoms with Gasteiger partial charge >= 0.3 is 5.97 Å². The molecule has 0 atom stereocenters. The first-order valence-corrected chi connectivity index (χ1v) is 9.80. The summed E-state index contributed by atoms with van der Waals surface area (Å²) in [6.07, 6.45) is 1.26. The van der Waals surface area contributed by atoms with Crippen molar-refractivity contribution in [2.75, 3.05) is 11.9 Å². The van der Waals surface area contributed by atoms with Crippen molar-refractivity contribution in [2.45, 2.75) is 13.5 Å². The number of halogens is 1. The third kappa shape index (κ3) is 3.97. The molecule has 0 saturated heterocycles. The molecule has 0 spiro atoms. The van der Waals surface area contributed by atoms with Crippen molar-refractivity contribution in [2.24, 2.45) is 0 Å². The number of nitrogens with one attached hydrogen (secondary N) is 1. The molecule has 4 rings (SSSR count). The molecule has 0 aliphatic heterocycles. The average Bonchev–Trinajstić information content (AvgIpc) is 3.10. The van der Waals surface area contributed by atoms with Crippen LogP contribution in [0.25, 0.3) is 22.1 Å². The minimum absolute atomic E-state index is 0.0634. The predicted octanol–water partition coefficient (Wildman–Crippen LogP) is 3.40. The maximum atomic E-state index is 12.6. The number of rotatable bonds is 5. The number of para-hydroxylation sites is 1. The number of benzene rings is 2. The summed E-state index contributed by atoms with van der Waals surface area (Å²) >= 11 is 3.36. The second-order valence-corrected chi connectivity index (χ2v) is 7.50. The Hall–Kier alpha value is -3.46. The average molecular weight is 470 g/mol. The summed E-state index contributed by atoms with van der Waals surface area (Å²) in [5, 5.41) is 3.37. The summed E-state index contributed by atoms with van der Waals surface area (Å²) in [6.45, 7) is 1.06. The van der Waals surface area contributed by atoms with Gasteiger partial charge in [0, 0.05) is 9.86 Å². The Labute approximate surface area is 178 Å². The molecule has 0 saturated carbocycles. The van der Waals surface area contributed by atoms with Crippen molar-refractivity contribution in [1.82, 2.24) is 9.55 Å². The lowest BCUT2D eigenvalue weighted by atomic mass is 10.2. The van der Waals surface area contributed by atoms with Crippen LogP contribution >= 0.6 is 15.9 Å². The maximum absolute atomic E-state index is 12.6. The van der Waals surface area contributed by atoms with Crippen LogP contribution in [0.2, 0.25) is 0 Å². The fraction of sp³-hybridized carbons (Fsp3) is 0.143. The van der Waals surface area contributed by atoms with Crippen molar-refractivity contribution >= 4 is 55.6 Å². The lowest BCUT2D eigenvalue weighted by Crippen LogP contribution is -2.27. The number of esters is 1. The van der Waals surface area contributed by atoms with Gasteiger partial charge in [-0.05, 0) is 52.7 Å². The van der Waals surface area contributed by atoms with Crippen LogP contribution in [-0.2, 0) is 20.9 Å². The van der Waals surface area contributed by atoms with E-state index >= 15 is 0 Å². The summed E-state index contributed by atoms with van der Waals surface area (Å²) in [5.41, 5.74) is 2.14. The van der Waals surface area contributed by atoms with Crippen LogP contribution in [0.4, 0.5) is 5.69 Å². The Kier molecular flexibility index (Phi) is 5.37. The molecule has 0 aliphatic carbocycles. The van der Waals surface area contributed by atoms with Crippen LogP contribution in [0.15, 0.2) is 62.5 Å². The molecule has 2 aromatic carbocycles. The highest BCUT2D eigenvalue weighted by molar-refractivity contribution is 9.10. The Balaban J connectivity index is 1.42. The summed E-state index contributed by atoms with van der Waals surface area (Å²) in [6, 6.07) is 12.6. The van der Waals surface area contributed by atoms with Gasteiger partial charge in [0.2, 0.25) is 5.58 Å². The number of nitrogens with zero attached hydrogens (tertiary/aromatic N) is 2. The van der Waals surface area contributed by atoms with E-state index in [1.807, 2.05) is 25.1 Å². The van der Waals surface area contributed by atoms with Gasteiger partial charge in [-0.1, -0.05) is 18.2 Å². The zero-order chi connectivity index (χ0) is 21.3. The second kappa shape index (κ2) is 8.11. The standard InChI is InChI=1S/C21H16BrN3O5/c1-12-6-7-15(14(22)8-12)24-17(26)10-29-18(27)9-25-11-23-19-13-4-2-3-5-16(13)30-20(19)21(25)28/h2-8,11H,9-10H2,1H3,(H,24,26). The van der Waals surface area contributed by atoms with E-state index in [4.69, 9.17) is 9.15 Å². The Morgan fingerprint density at radius 3 is 2.83 bits per heavy atom. The Morgan fingerprint density at radius 2 is 2.03 bits per heavy atom. The number of carbonyl (C=O) groups excluding carboxylic acids is 2. The monoisotopic (exact) mass is 469 g/mol. The zero-order valence-corrected chi connectivity index (χ0v) is 17.4. The number of anilines is 1. The summed E-state index contributed by atoms with van der Waals surface area (Å²) in [5.74, 6) is -1.24. The number of aryl methyl sites for hydroxylation is 1. The normalized spacial score (nSPS) is 11.0. The van der Waals surface area contributed by atoms with Gasteiger partial charge in [0.05, 0.1) is 12.0 Å². The number of carbonyl (C=O) groups is 2. The van der Waals surface area contributed by atoms with Gasteiger partial charge in [-0.15, -0.1) is 0 Å². The number of hydrogen-bond donors (Lipinski definition) is 1. The lowest BCUT2D eigenvalue weighted by Gasteiger charge is -2.09. The maximum Gasteiger partial charge on any atom is 0.326 e. The van der Waals surface area contributed by atoms with Crippen molar-refractivity contribution in [3.8, 4) is 0 Å². The highest BCUT2D eigenvalue weighted by atomic mass is 79.9. The van der Waals surface area contributed by atoms with Gasteiger partial charge in [0.15, 0.2) is 6.61 Å². The van der Waals surface area contributed by atoms with E-state index in [0.717, 1.165) is 20.0 Å². The van der Waals surface area contributed by atoms with Crippen molar-refractivity contribution in [3.05, 3.63) is 69.2 Å². The van der Waals surface area contributed by atoms with E-state index in [9.17, 15) is 14.4 Å². The fourth-order valence-corrected chi connectivity index (χ4v) is 3.56. The van der Waals surface area contributed by atoms with E-state index in [1.165, 1.54) is 6.33 Å². The molecule has 30 heavy (non-hydrogen) atoms. The summed E-state index contributed by atoms with van der Waals surface area (Å²) in [4.78, 5) is 41.0. The fourth-order valence-electron chi connectivity index (χ4n) is 2.97. The molecule has 4 aromatic rings. The minimum Gasteiger partial charge on any atom is -0.454 e. The number of hydrogen-bond acceptors (Lipinski definition) is 6. The molecular weight excluding hydrogens is 454 g/mol. The first-order valence-electron chi connectivity index (χ1n) is 9.00. The third-order valence-electron chi connectivity index (χ3n) is 4.41. The Bertz CT molecular complexity index is 1340. The van der Waals surface area contributed by atoms with E-state index in [0.29, 0.717) is 16.8 Å². The second-order valence-electron chi connectivity index (χ2n) is 6.65. The molecule has 0 unspecified atom stereocenters. The highest BCUT2D eigenvalue weighted by Gasteiger charge is 2.16. The molecule has 8 nitrogen and oxygen atoms in total. The zero-order valence-electron chi connectivity index (χ0n) is 15.8. The number of fused-ring (bicyclic) bond motifs is 3. The van der Waals surface area contributed by atoms with E-state index in [-0.39, 0.29) is 12.1 Å². The van der Waals surface area contributed by atoms with Gasteiger partial charge in [0.1, 0.15) is 17.6 Å². The van der Waals surface area contributed by atoms with Crippen LogP contribution in [0.3, 0.4) is 0 Å². The molecule has 2 aromatic heterocycles. The van der Waals surface area contributed by atoms with Crippen molar-refractivity contribution in [3.63, 3.8) is 0 Å². The molecule has 9 heteroatoms. The number of ether oxygens (including phenoxy) is 1. The van der Waals surface area contributed by atoms with E-state index in [1.54, 1.807) is 24.3 Å². The first-order chi connectivity index (χ1) is 14.4. The topological polar surface area (TPSA) is 103 Å². The summed E-state index contributed by atoms with van der Waals surface area (Å²) in [7, 11) is 0. The molecule has 0 bridgehead atoms. The highest BCUT2D eigenvalue weighted by Crippen LogP contribution is 2.24. The summed E-state index contributed by atoms with van der Waals surface area (Å²) < 4.78 is 12.4. The number of aromatic nitrogens is 2. The quantitative estimate of drug-likeness (QED) is 0.449. The van der Waals surface area contributed by atoms with Gasteiger partial charge in [0.25, 0.3) is 11.5 Å². The van der Waals surface area contributed by atoms with E-state index < -0.39 is 24.0 Å². The van der Waals surface area contributed by atoms with Gasteiger partial charge in [-0.3, -0.25) is 19.0 Å². The molecule has 152 valence electrons. The molecule has 0 radical (unpaired) electrons. The van der Waals surface area contributed by atoms with E-state index in [2.05, 4.69) is 26.2 Å². The van der Waals surface area contributed by atoms with Gasteiger partial charge in [-0.25, -0.2) is 4.98 Å². The molecule has 0 fully saturated rings. The largest absolute Gasteiger partial charge is 0.454 e. The van der Waals surface area contributed by atoms with Crippen molar-refractivity contribution < 1.29 is 18.7 Å². The predicted molar refractivity (Wildman–Crippen MR) is 114 cm³/mol. The first kappa shape index (κ1) is 19.8. The third-order valence-corrected chi connectivity index (χ3v) is 5.07. The SMILES string of the molecule is Cc1ccc(NC(=O)COC(=O)Cn2cnc3c(oc4ccccc43)c2=O)c(Br)c1. The molecule has 2 heterocycles.